The van der Waals surface area contributed by atoms with E-state index in [1.165, 1.54) is 0 Å². The fraction of sp³-hybridized carbons (Fsp3) is 0.909. The summed E-state index contributed by atoms with van der Waals surface area (Å²) in [6.07, 6.45) is 0. The molecule has 0 aromatic heterocycles. The maximum Gasteiger partial charge on any atom is 0.320 e. The summed E-state index contributed by atoms with van der Waals surface area (Å²) in [5.41, 5.74) is -0.399. The van der Waals surface area contributed by atoms with Crippen LogP contribution in [0.4, 0.5) is 0 Å². The lowest BCUT2D eigenvalue weighted by molar-refractivity contribution is -0.153. The van der Waals surface area contributed by atoms with Crippen molar-refractivity contribution in [1.29, 1.82) is 0 Å². The SMILES string of the molecule is CC(CN(C)C)NCC(=O)OC(C)(C)C. The van der Waals surface area contributed by atoms with Crippen molar-refractivity contribution < 1.29 is 9.53 Å². The predicted octanol–water partition coefficient (Wildman–Crippen LogP) is 0.868. The van der Waals surface area contributed by atoms with Gasteiger partial charge in [-0.1, -0.05) is 0 Å². The van der Waals surface area contributed by atoms with E-state index in [9.17, 15) is 4.79 Å². The van der Waals surface area contributed by atoms with Gasteiger partial charge >= 0.3 is 5.97 Å². The number of hydrogen-bond acceptors (Lipinski definition) is 4. The summed E-state index contributed by atoms with van der Waals surface area (Å²) in [7, 11) is 4.01. The van der Waals surface area contributed by atoms with Crippen LogP contribution in [0, 0.1) is 0 Å². The minimum atomic E-state index is -0.399. The van der Waals surface area contributed by atoms with Crippen molar-refractivity contribution in [1.82, 2.24) is 10.2 Å². The highest BCUT2D eigenvalue weighted by atomic mass is 16.6. The Labute approximate surface area is 93.0 Å². The zero-order chi connectivity index (χ0) is 12.1. The van der Waals surface area contributed by atoms with Gasteiger partial charge in [0.1, 0.15) is 5.60 Å². The second kappa shape index (κ2) is 6.08. The van der Waals surface area contributed by atoms with E-state index in [0.717, 1.165) is 6.54 Å². The van der Waals surface area contributed by atoms with Crippen LogP contribution < -0.4 is 5.32 Å². The summed E-state index contributed by atoms with van der Waals surface area (Å²) in [6.45, 7) is 8.83. The normalized spacial score (nSPS) is 14.1. The zero-order valence-electron chi connectivity index (χ0n) is 10.8. The average molecular weight is 216 g/mol. The molecule has 0 amide bonds. The monoisotopic (exact) mass is 216 g/mol. The van der Waals surface area contributed by atoms with E-state index in [1.807, 2.05) is 41.8 Å². The number of carbonyl (C=O) groups is 1. The smallest absolute Gasteiger partial charge is 0.320 e. The lowest BCUT2D eigenvalue weighted by Crippen LogP contribution is -2.40. The maximum absolute atomic E-state index is 11.4. The molecule has 0 saturated heterocycles. The van der Waals surface area contributed by atoms with Gasteiger partial charge < -0.3 is 15.0 Å². The maximum atomic E-state index is 11.4. The van der Waals surface area contributed by atoms with E-state index in [2.05, 4.69) is 10.2 Å². The second-order valence-electron chi connectivity index (χ2n) is 5.13. The van der Waals surface area contributed by atoms with Crippen LogP contribution in [0.25, 0.3) is 0 Å². The predicted molar refractivity (Wildman–Crippen MR) is 61.9 cm³/mol. The summed E-state index contributed by atoms with van der Waals surface area (Å²) >= 11 is 0. The van der Waals surface area contributed by atoms with Gasteiger partial charge in [-0.2, -0.15) is 0 Å². The lowest BCUT2D eigenvalue weighted by Gasteiger charge is -2.21. The summed E-state index contributed by atoms with van der Waals surface area (Å²) in [4.78, 5) is 13.4. The first-order valence-electron chi connectivity index (χ1n) is 5.30. The summed E-state index contributed by atoms with van der Waals surface area (Å²) in [5, 5.41) is 3.12. The first-order valence-corrected chi connectivity index (χ1v) is 5.30. The molecule has 0 rings (SSSR count). The molecular weight excluding hydrogens is 192 g/mol. The third-order valence-electron chi connectivity index (χ3n) is 1.65. The molecule has 0 spiro atoms. The van der Waals surface area contributed by atoms with Crippen LogP contribution in [0.5, 0.6) is 0 Å². The Kier molecular flexibility index (Phi) is 5.83. The van der Waals surface area contributed by atoms with E-state index in [4.69, 9.17) is 4.74 Å². The van der Waals surface area contributed by atoms with Crippen LogP contribution in [0.3, 0.4) is 0 Å². The van der Waals surface area contributed by atoms with Gasteiger partial charge in [-0.05, 0) is 41.8 Å². The number of esters is 1. The van der Waals surface area contributed by atoms with Crippen molar-refractivity contribution in [3.63, 3.8) is 0 Å². The van der Waals surface area contributed by atoms with Crippen LogP contribution in [0.15, 0.2) is 0 Å². The molecule has 1 N–H and O–H groups in total. The second-order valence-corrected chi connectivity index (χ2v) is 5.13. The number of rotatable bonds is 5. The standard InChI is InChI=1S/C11H24N2O2/c1-9(8-13(5)6)12-7-10(14)15-11(2,3)4/h9,12H,7-8H2,1-6H3. The van der Waals surface area contributed by atoms with Crippen molar-refractivity contribution in [2.24, 2.45) is 0 Å². The molecule has 0 radical (unpaired) electrons. The molecule has 90 valence electrons. The zero-order valence-corrected chi connectivity index (χ0v) is 10.8. The van der Waals surface area contributed by atoms with Gasteiger partial charge in [0.15, 0.2) is 0 Å². The number of nitrogens with one attached hydrogen (secondary N) is 1. The number of ether oxygens (including phenoxy) is 1. The highest BCUT2D eigenvalue weighted by molar-refractivity contribution is 5.72. The molecule has 0 saturated carbocycles. The molecule has 15 heavy (non-hydrogen) atoms. The first-order chi connectivity index (χ1) is 6.70. The van der Waals surface area contributed by atoms with Crippen LogP contribution in [0.2, 0.25) is 0 Å². The van der Waals surface area contributed by atoms with Crippen molar-refractivity contribution in [3.05, 3.63) is 0 Å². The van der Waals surface area contributed by atoms with Gasteiger partial charge in [0.25, 0.3) is 0 Å². The molecule has 0 aromatic rings. The van der Waals surface area contributed by atoms with E-state index in [0.29, 0.717) is 0 Å². The van der Waals surface area contributed by atoms with Gasteiger partial charge in [-0.3, -0.25) is 4.79 Å². The number of carbonyl (C=O) groups excluding carboxylic acids is 1. The molecule has 1 unspecified atom stereocenters. The van der Waals surface area contributed by atoms with Crippen molar-refractivity contribution in [3.8, 4) is 0 Å². The highest BCUT2D eigenvalue weighted by Crippen LogP contribution is 2.06. The number of hydrogen-bond donors (Lipinski definition) is 1. The molecule has 0 aliphatic carbocycles. The first kappa shape index (κ1) is 14.4. The molecule has 0 aliphatic heterocycles. The van der Waals surface area contributed by atoms with Gasteiger partial charge in [-0.15, -0.1) is 0 Å². The van der Waals surface area contributed by atoms with Gasteiger partial charge in [0.05, 0.1) is 6.54 Å². The minimum Gasteiger partial charge on any atom is -0.459 e. The minimum absolute atomic E-state index is 0.201. The third-order valence-corrected chi connectivity index (χ3v) is 1.65. The molecule has 4 nitrogen and oxygen atoms in total. The number of nitrogens with zero attached hydrogens (tertiary/aromatic N) is 1. The topological polar surface area (TPSA) is 41.6 Å². The molecule has 0 bridgehead atoms. The lowest BCUT2D eigenvalue weighted by atomic mass is 10.2. The van der Waals surface area contributed by atoms with Gasteiger partial charge in [0.2, 0.25) is 0 Å². The quantitative estimate of drug-likeness (QED) is 0.692. The van der Waals surface area contributed by atoms with Crippen molar-refractivity contribution >= 4 is 5.97 Å². The average Bonchev–Trinajstić information content (AvgIpc) is 1.96. The van der Waals surface area contributed by atoms with Crippen LogP contribution in [-0.2, 0) is 9.53 Å². The van der Waals surface area contributed by atoms with E-state index < -0.39 is 5.60 Å². The molecule has 0 fully saturated rings. The largest absolute Gasteiger partial charge is 0.459 e. The fourth-order valence-electron chi connectivity index (χ4n) is 1.25. The Morgan fingerprint density at radius 2 is 1.93 bits per heavy atom. The third kappa shape index (κ3) is 9.69. The number of likely N-dealkylation sites (N-methyl/N-ethyl adjacent to an activating group) is 1. The van der Waals surface area contributed by atoms with Gasteiger partial charge in [0, 0.05) is 12.6 Å². The Bertz CT molecular complexity index is 197. The fourth-order valence-corrected chi connectivity index (χ4v) is 1.25. The summed E-state index contributed by atoms with van der Waals surface area (Å²) < 4.78 is 5.18. The molecule has 0 heterocycles. The Balaban J connectivity index is 3.72. The molecule has 0 aliphatic rings. The van der Waals surface area contributed by atoms with E-state index in [-0.39, 0.29) is 18.6 Å². The summed E-state index contributed by atoms with van der Waals surface area (Å²) in [6, 6.07) is 0.285. The molecular formula is C11H24N2O2. The highest BCUT2D eigenvalue weighted by Gasteiger charge is 2.16. The van der Waals surface area contributed by atoms with Crippen molar-refractivity contribution in [2.45, 2.75) is 39.3 Å². The molecule has 4 heteroatoms. The van der Waals surface area contributed by atoms with E-state index in [1.54, 1.807) is 0 Å². The van der Waals surface area contributed by atoms with Crippen molar-refractivity contribution in [2.75, 3.05) is 27.2 Å². The molecule has 1 atom stereocenters. The summed E-state index contributed by atoms with van der Waals surface area (Å²) in [5.74, 6) is -0.201. The van der Waals surface area contributed by atoms with Crippen LogP contribution >= 0.6 is 0 Å². The Morgan fingerprint density at radius 1 is 1.40 bits per heavy atom. The Hall–Kier alpha value is -0.610. The van der Waals surface area contributed by atoms with Gasteiger partial charge in [-0.25, -0.2) is 0 Å². The molecule has 0 aromatic carbocycles. The Morgan fingerprint density at radius 3 is 2.33 bits per heavy atom. The van der Waals surface area contributed by atoms with E-state index >= 15 is 0 Å². The van der Waals surface area contributed by atoms with Crippen LogP contribution in [-0.4, -0.2) is 49.7 Å². The van der Waals surface area contributed by atoms with Crippen LogP contribution in [0.1, 0.15) is 27.7 Å².